The number of carbonyl (C=O) groups is 1. The van der Waals surface area contributed by atoms with Crippen LogP contribution in [0.1, 0.15) is 52.7 Å². The summed E-state index contributed by atoms with van der Waals surface area (Å²) in [7, 11) is 0. The Hall–Kier alpha value is -1.52. The molecule has 1 aromatic heterocycles. The van der Waals surface area contributed by atoms with Gasteiger partial charge in [0, 0.05) is 12.7 Å². The normalized spacial score (nSPS) is 11.4. The largest absolute Gasteiger partial charge is 0.444 e. The van der Waals surface area contributed by atoms with E-state index in [2.05, 4.69) is 21.8 Å². The van der Waals surface area contributed by atoms with Crippen LogP contribution in [0.15, 0.2) is 12.5 Å². The number of rotatable bonds is 6. The molecule has 1 aromatic rings. The second-order valence-corrected chi connectivity index (χ2v) is 5.64. The third-order valence-corrected chi connectivity index (χ3v) is 2.61. The monoisotopic (exact) mass is 267 g/mol. The molecule has 0 radical (unpaired) electrons. The number of alkyl carbamates (subject to hydrolysis) is 1. The van der Waals surface area contributed by atoms with E-state index in [1.165, 1.54) is 12.8 Å². The van der Waals surface area contributed by atoms with E-state index >= 15 is 0 Å². The minimum absolute atomic E-state index is 0.395. The van der Waals surface area contributed by atoms with E-state index in [9.17, 15) is 4.79 Å². The molecular weight excluding hydrogens is 242 g/mol. The van der Waals surface area contributed by atoms with E-state index in [1.807, 2.05) is 27.1 Å². The number of nitrogens with one attached hydrogen (secondary N) is 1. The average molecular weight is 267 g/mol. The Balaban J connectivity index is 2.41. The van der Waals surface area contributed by atoms with Gasteiger partial charge in [0.2, 0.25) is 0 Å². The van der Waals surface area contributed by atoms with Gasteiger partial charge in [-0.15, -0.1) is 0 Å². The highest BCUT2D eigenvalue weighted by Crippen LogP contribution is 2.07. The standard InChI is InChI=1S/C14H25N3O2/c1-5-6-7-8-17-11-15-9-12(17)10-16-13(18)19-14(2,3)4/h9,11H,5-8,10H2,1-4H3,(H,16,18). The van der Waals surface area contributed by atoms with Crippen molar-refractivity contribution >= 4 is 6.09 Å². The molecule has 5 heteroatoms. The van der Waals surface area contributed by atoms with Crippen molar-refractivity contribution in [1.29, 1.82) is 0 Å². The second kappa shape index (κ2) is 7.16. The number of amides is 1. The van der Waals surface area contributed by atoms with Crippen molar-refractivity contribution in [3.05, 3.63) is 18.2 Å². The molecular formula is C14H25N3O2. The third kappa shape index (κ3) is 6.27. The van der Waals surface area contributed by atoms with Crippen LogP contribution in [0.4, 0.5) is 4.79 Å². The zero-order chi connectivity index (χ0) is 14.3. The lowest BCUT2D eigenvalue weighted by atomic mass is 10.2. The van der Waals surface area contributed by atoms with Gasteiger partial charge in [-0.05, 0) is 27.2 Å². The van der Waals surface area contributed by atoms with Crippen molar-refractivity contribution in [2.45, 2.75) is 65.6 Å². The van der Waals surface area contributed by atoms with Crippen LogP contribution in [-0.2, 0) is 17.8 Å². The first-order valence-electron chi connectivity index (χ1n) is 6.88. The summed E-state index contributed by atoms with van der Waals surface area (Å²) in [5, 5.41) is 2.75. The smallest absolute Gasteiger partial charge is 0.407 e. The van der Waals surface area contributed by atoms with E-state index in [1.54, 1.807) is 6.20 Å². The molecule has 1 N–H and O–H groups in total. The van der Waals surface area contributed by atoms with Gasteiger partial charge in [-0.25, -0.2) is 9.78 Å². The fourth-order valence-corrected chi connectivity index (χ4v) is 1.71. The maximum atomic E-state index is 11.6. The van der Waals surface area contributed by atoms with Gasteiger partial charge in [0.05, 0.1) is 18.6 Å². The van der Waals surface area contributed by atoms with Crippen LogP contribution in [-0.4, -0.2) is 21.2 Å². The molecule has 5 nitrogen and oxygen atoms in total. The Kier molecular flexibility index (Phi) is 5.86. The van der Waals surface area contributed by atoms with Gasteiger partial charge in [0.1, 0.15) is 5.60 Å². The summed E-state index contributed by atoms with van der Waals surface area (Å²) in [5.41, 5.74) is 0.535. The van der Waals surface area contributed by atoms with Gasteiger partial charge in [-0.2, -0.15) is 0 Å². The Bertz CT molecular complexity index is 394. The van der Waals surface area contributed by atoms with E-state index in [4.69, 9.17) is 4.74 Å². The molecule has 0 fully saturated rings. The lowest BCUT2D eigenvalue weighted by Crippen LogP contribution is -2.32. The SMILES string of the molecule is CCCCCn1cncc1CNC(=O)OC(C)(C)C. The van der Waals surface area contributed by atoms with Crippen molar-refractivity contribution in [2.75, 3.05) is 0 Å². The predicted octanol–water partition coefficient (Wildman–Crippen LogP) is 3.10. The number of imidazole rings is 1. The summed E-state index contributed by atoms with van der Waals surface area (Å²) in [4.78, 5) is 15.7. The van der Waals surface area contributed by atoms with Crippen LogP contribution in [0.25, 0.3) is 0 Å². The molecule has 1 amide bonds. The first-order chi connectivity index (χ1) is 8.92. The molecule has 19 heavy (non-hydrogen) atoms. The van der Waals surface area contributed by atoms with E-state index in [0.29, 0.717) is 6.54 Å². The lowest BCUT2D eigenvalue weighted by Gasteiger charge is -2.19. The number of ether oxygens (including phenoxy) is 1. The molecule has 1 heterocycles. The highest BCUT2D eigenvalue weighted by atomic mass is 16.6. The third-order valence-electron chi connectivity index (χ3n) is 2.61. The summed E-state index contributed by atoms with van der Waals surface area (Å²) >= 11 is 0. The van der Waals surface area contributed by atoms with Crippen molar-refractivity contribution in [2.24, 2.45) is 0 Å². The van der Waals surface area contributed by atoms with Gasteiger partial charge in [0.15, 0.2) is 0 Å². The van der Waals surface area contributed by atoms with Crippen LogP contribution >= 0.6 is 0 Å². The fraction of sp³-hybridized carbons (Fsp3) is 0.714. The molecule has 0 saturated carbocycles. The summed E-state index contributed by atoms with van der Waals surface area (Å²) in [6, 6.07) is 0. The summed E-state index contributed by atoms with van der Waals surface area (Å²) < 4.78 is 7.27. The first-order valence-corrected chi connectivity index (χ1v) is 6.88. The van der Waals surface area contributed by atoms with Crippen LogP contribution < -0.4 is 5.32 Å². The Morgan fingerprint density at radius 1 is 1.42 bits per heavy atom. The van der Waals surface area contributed by atoms with Gasteiger partial charge in [-0.1, -0.05) is 19.8 Å². The molecule has 0 aromatic carbocycles. The number of nitrogens with zero attached hydrogens (tertiary/aromatic N) is 2. The van der Waals surface area contributed by atoms with Gasteiger partial charge in [0.25, 0.3) is 0 Å². The predicted molar refractivity (Wildman–Crippen MR) is 74.8 cm³/mol. The average Bonchev–Trinajstić information content (AvgIpc) is 2.72. The minimum atomic E-state index is -0.467. The quantitative estimate of drug-likeness (QED) is 0.806. The van der Waals surface area contributed by atoms with Crippen molar-refractivity contribution in [1.82, 2.24) is 14.9 Å². The number of carbonyl (C=O) groups excluding carboxylic acids is 1. The second-order valence-electron chi connectivity index (χ2n) is 5.64. The van der Waals surface area contributed by atoms with Gasteiger partial charge in [-0.3, -0.25) is 0 Å². The van der Waals surface area contributed by atoms with Crippen LogP contribution in [0, 0.1) is 0 Å². The van der Waals surface area contributed by atoms with Gasteiger partial charge < -0.3 is 14.6 Å². The zero-order valence-electron chi connectivity index (χ0n) is 12.4. The summed E-state index contributed by atoms with van der Waals surface area (Å²) in [6.45, 7) is 9.11. The number of unbranched alkanes of at least 4 members (excludes halogenated alkanes) is 2. The van der Waals surface area contributed by atoms with E-state index in [-0.39, 0.29) is 0 Å². The Labute approximate surface area is 115 Å². The Morgan fingerprint density at radius 2 is 2.16 bits per heavy atom. The highest BCUT2D eigenvalue weighted by Gasteiger charge is 2.16. The molecule has 0 atom stereocenters. The molecule has 0 aliphatic carbocycles. The fourth-order valence-electron chi connectivity index (χ4n) is 1.71. The molecule has 0 aliphatic heterocycles. The number of hydrogen-bond donors (Lipinski definition) is 1. The summed E-state index contributed by atoms with van der Waals surface area (Å²) in [6.07, 6.45) is 6.73. The summed E-state index contributed by atoms with van der Waals surface area (Å²) in [5.74, 6) is 0. The van der Waals surface area contributed by atoms with Crippen LogP contribution in [0.5, 0.6) is 0 Å². The van der Waals surface area contributed by atoms with Gasteiger partial charge >= 0.3 is 6.09 Å². The number of aromatic nitrogens is 2. The van der Waals surface area contributed by atoms with Crippen molar-refractivity contribution in [3.8, 4) is 0 Å². The molecule has 108 valence electrons. The topological polar surface area (TPSA) is 56.2 Å². The number of aryl methyl sites for hydroxylation is 1. The molecule has 0 unspecified atom stereocenters. The maximum absolute atomic E-state index is 11.6. The number of hydrogen-bond acceptors (Lipinski definition) is 3. The van der Waals surface area contributed by atoms with Crippen molar-refractivity contribution < 1.29 is 9.53 Å². The van der Waals surface area contributed by atoms with Crippen LogP contribution in [0.3, 0.4) is 0 Å². The highest BCUT2D eigenvalue weighted by molar-refractivity contribution is 5.67. The maximum Gasteiger partial charge on any atom is 0.407 e. The molecule has 1 rings (SSSR count). The van der Waals surface area contributed by atoms with Crippen LogP contribution in [0.2, 0.25) is 0 Å². The molecule has 0 saturated heterocycles. The minimum Gasteiger partial charge on any atom is -0.444 e. The first kappa shape index (κ1) is 15.5. The van der Waals surface area contributed by atoms with E-state index < -0.39 is 11.7 Å². The molecule has 0 aliphatic rings. The van der Waals surface area contributed by atoms with Crippen molar-refractivity contribution in [3.63, 3.8) is 0 Å². The molecule has 0 spiro atoms. The Morgan fingerprint density at radius 3 is 2.79 bits per heavy atom. The zero-order valence-corrected chi connectivity index (χ0v) is 12.4. The van der Waals surface area contributed by atoms with E-state index in [0.717, 1.165) is 18.7 Å². The lowest BCUT2D eigenvalue weighted by molar-refractivity contribution is 0.0522. The molecule has 0 bridgehead atoms.